The predicted octanol–water partition coefficient (Wildman–Crippen LogP) is 2.51. The normalized spacial score (nSPS) is 12.8. The summed E-state index contributed by atoms with van der Waals surface area (Å²) in [5.74, 6) is -3.13. The molecule has 0 aliphatic carbocycles. The Morgan fingerprint density at radius 2 is 1.85 bits per heavy atom. The zero-order valence-electron chi connectivity index (χ0n) is 15.0. The first-order valence-electron chi connectivity index (χ1n) is 8.83. The Morgan fingerprint density at radius 1 is 1.15 bits per heavy atom. The molecule has 0 aliphatic heterocycles. The highest BCUT2D eigenvalue weighted by molar-refractivity contribution is 6.33. The highest BCUT2D eigenvalue weighted by Crippen LogP contribution is 2.18. The van der Waals surface area contributed by atoms with E-state index in [0.29, 0.717) is 6.42 Å². The minimum Gasteiger partial charge on any atom is -0.475 e. The molecule has 144 valence electrons. The third kappa shape index (κ3) is 8.11. The topological polar surface area (TPSA) is 113 Å². The maximum absolute atomic E-state index is 11.9. The van der Waals surface area contributed by atoms with Crippen LogP contribution in [-0.2, 0) is 20.9 Å². The Hall–Kier alpha value is -2.41. The molecule has 3 N–H and O–H groups in total. The van der Waals surface area contributed by atoms with Crippen molar-refractivity contribution in [2.24, 2.45) is 5.92 Å². The van der Waals surface area contributed by atoms with Gasteiger partial charge in [-0.2, -0.15) is 0 Å². The van der Waals surface area contributed by atoms with Crippen LogP contribution < -0.4 is 5.32 Å². The summed E-state index contributed by atoms with van der Waals surface area (Å²) in [6.07, 6.45) is 2.31. The number of aliphatic hydroxyl groups is 1. The summed E-state index contributed by atoms with van der Waals surface area (Å²) in [5, 5.41) is 20.9. The first-order valence-corrected chi connectivity index (χ1v) is 8.83. The van der Waals surface area contributed by atoms with Crippen molar-refractivity contribution in [3.63, 3.8) is 0 Å². The van der Waals surface area contributed by atoms with Crippen molar-refractivity contribution in [2.75, 3.05) is 6.61 Å². The number of hydrogen-bond donors (Lipinski definition) is 3. The molecule has 0 bridgehead atoms. The monoisotopic (exact) mass is 365 g/mol. The van der Waals surface area contributed by atoms with E-state index in [1.807, 2.05) is 37.3 Å². The lowest BCUT2D eigenvalue weighted by molar-refractivity contribution is -0.151. The quantitative estimate of drug-likeness (QED) is 0.387. The van der Waals surface area contributed by atoms with E-state index in [1.54, 1.807) is 0 Å². The molecule has 1 aromatic carbocycles. The molecule has 0 saturated carbocycles. The maximum atomic E-state index is 11.9. The van der Waals surface area contributed by atoms with Crippen molar-refractivity contribution in [1.82, 2.24) is 5.32 Å². The van der Waals surface area contributed by atoms with E-state index in [0.717, 1.165) is 24.8 Å². The Balaban J connectivity index is 2.55. The van der Waals surface area contributed by atoms with Gasteiger partial charge < -0.3 is 20.3 Å². The number of carboxylic acids is 1. The van der Waals surface area contributed by atoms with Gasteiger partial charge in [0.05, 0.1) is 12.6 Å². The van der Waals surface area contributed by atoms with Crippen LogP contribution in [0.15, 0.2) is 30.3 Å². The lowest BCUT2D eigenvalue weighted by atomic mass is 9.90. The summed E-state index contributed by atoms with van der Waals surface area (Å²) in [6.45, 7) is 1.69. The maximum Gasteiger partial charge on any atom is 0.407 e. The van der Waals surface area contributed by atoms with Crippen molar-refractivity contribution in [3.8, 4) is 0 Å². The van der Waals surface area contributed by atoms with Gasteiger partial charge >= 0.3 is 12.1 Å². The fraction of sp³-hybridized carbons (Fsp3) is 0.526. The molecule has 7 heteroatoms. The van der Waals surface area contributed by atoms with Crippen molar-refractivity contribution in [2.45, 2.75) is 51.7 Å². The number of ketones is 1. The van der Waals surface area contributed by atoms with Gasteiger partial charge in [-0.05, 0) is 18.4 Å². The average Bonchev–Trinajstić information content (AvgIpc) is 2.65. The van der Waals surface area contributed by atoms with Gasteiger partial charge in [0.25, 0.3) is 0 Å². The highest BCUT2D eigenvalue weighted by atomic mass is 16.5. The molecular formula is C19H27NO6. The largest absolute Gasteiger partial charge is 0.475 e. The van der Waals surface area contributed by atoms with E-state index < -0.39 is 36.4 Å². The van der Waals surface area contributed by atoms with E-state index in [2.05, 4.69) is 5.32 Å². The van der Waals surface area contributed by atoms with Crippen LogP contribution in [0.1, 0.15) is 44.6 Å². The molecule has 7 nitrogen and oxygen atoms in total. The van der Waals surface area contributed by atoms with E-state index in [1.165, 1.54) is 0 Å². The Morgan fingerprint density at radius 3 is 2.42 bits per heavy atom. The molecule has 0 fully saturated rings. The van der Waals surface area contributed by atoms with Gasteiger partial charge in [-0.3, -0.25) is 4.79 Å². The van der Waals surface area contributed by atoms with Gasteiger partial charge in [-0.15, -0.1) is 0 Å². The fourth-order valence-electron chi connectivity index (χ4n) is 2.63. The molecule has 1 amide bonds. The summed E-state index contributed by atoms with van der Waals surface area (Å²) >= 11 is 0. The molecule has 26 heavy (non-hydrogen) atoms. The Kier molecular flexibility index (Phi) is 10.0. The van der Waals surface area contributed by atoms with Gasteiger partial charge in [-0.25, -0.2) is 9.59 Å². The second kappa shape index (κ2) is 12.0. The van der Waals surface area contributed by atoms with Crippen molar-refractivity contribution < 1.29 is 29.3 Å². The van der Waals surface area contributed by atoms with Gasteiger partial charge in [0.15, 0.2) is 0 Å². The first kappa shape index (κ1) is 21.6. The molecule has 1 unspecified atom stereocenters. The average molecular weight is 365 g/mol. The number of ether oxygens (including phenoxy) is 1. The van der Waals surface area contributed by atoms with E-state index in [9.17, 15) is 19.5 Å². The number of carbonyl (C=O) groups excluding carboxylic acids is 2. The number of amides is 1. The van der Waals surface area contributed by atoms with Crippen molar-refractivity contribution in [3.05, 3.63) is 35.9 Å². The third-order valence-corrected chi connectivity index (χ3v) is 4.06. The standard InChI is InChI=1S/C19H27NO6/c1-2-3-5-10-15(17(22)18(23)24)11-16(12-21)20-19(25)26-13-14-8-6-4-7-9-14/h4,6-9,15-16,21H,2-3,5,10-13H2,1H3,(H,20,25)(H,23,24)/t15?,16-/m1/s1. The second-order valence-electron chi connectivity index (χ2n) is 6.18. The van der Waals surface area contributed by atoms with Crippen LogP contribution in [0.25, 0.3) is 0 Å². The number of carbonyl (C=O) groups is 3. The second-order valence-corrected chi connectivity index (χ2v) is 6.18. The minimum absolute atomic E-state index is 0.0613. The summed E-state index contributed by atoms with van der Waals surface area (Å²) in [4.78, 5) is 34.7. The summed E-state index contributed by atoms with van der Waals surface area (Å²) < 4.78 is 5.09. The molecule has 2 atom stereocenters. The van der Waals surface area contributed by atoms with Crippen molar-refractivity contribution in [1.29, 1.82) is 0 Å². The smallest absolute Gasteiger partial charge is 0.407 e. The number of unbranched alkanes of at least 4 members (excludes halogenated alkanes) is 2. The molecule has 0 heterocycles. The predicted molar refractivity (Wildman–Crippen MR) is 95.5 cm³/mol. The number of rotatable bonds is 12. The van der Waals surface area contributed by atoms with Crippen LogP contribution in [0.5, 0.6) is 0 Å². The summed E-state index contributed by atoms with van der Waals surface area (Å²) in [7, 11) is 0. The van der Waals surface area contributed by atoms with Gasteiger partial charge in [0, 0.05) is 5.92 Å². The van der Waals surface area contributed by atoms with Gasteiger partial charge in [0.1, 0.15) is 6.61 Å². The molecular weight excluding hydrogens is 338 g/mol. The van der Waals surface area contributed by atoms with E-state index >= 15 is 0 Å². The molecule has 0 aliphatic rings. The number of nitrogens with one attached hydrogen (secondary N) is 1. The summed E-state index contributed by atoms with van der Waals surface area (Å²) in [5.41, 5.74) is 0.821. The first-order chi connectivity index (χ1) is 12.5. The van der Waals surface area contributed by atoms with Crippen LogP contribution in [0.2, 0.25) is 0 Å². The molecule has 1 rings (SSSR count). The number of hydrogen-bond acceptors (Lipinski definition) is 5. The third-order valence-electron chi connectivity index (χ3n) is 4.06. The van der Waals surface area contributed by atoms with Gasteiger partial charge in [-0.1, -0.05) is 56.5 Å². The minimum atomic E-state index is -1.49. The van der Waals surface area contributed by atoms with Gasteiger partial charge in [0.2, 0.25) is 5.78 Å². The molecule has 0 aromatic heterocycles. The number of aliphatic carboxylic acids is 1. The Labute approximate surface area is 153 Å². The molecule has 0 spiro atoms. The fourth-order valence-corrected chi connectivity index (χ4v) is 2.63. The lowest BCUT2D eigenvalue weighted by Gasteiger charge is -2.21. The number of benzene rings is 1. The van der Waals surface area contributed by atoms with Crippen LogP contribution in [-0.4, -0.2) is 40.7 Å². The zero-order valence-corrected chi connectivity index (χ0v) is 15.0. The molecule has 0 radical (unpaired) electrons. The lowest BCUT2D eigenvalue weighted by Crippen LogP contribution is -2.41. The van der Waals surface area contributed by atoms with E-state index in [4.69, 9.17) is 9.84 Å². The van der Waals surface area contributed by atoms with Crippen LogP contribution in [0, 0.1) is 5.92 Å². The van der Waals surface area contributed by atoms with E-state index in [-0.39, 0.29) is 13.0 Å². The Bertz CT molecular complexity index is 575. The number of aliphatic hydroxyl groups excluding tert-OH is 1. The SMILES string of the molecule is CCCCCC(C[C@H](CO)NC(=O)OCc1ccccc1)C(=O)C(=O)O. The number of alkyl carbamates (subject to hydrolysis) is 1. The molecule has 1 aromatic rings. The van der Waals surface area contributed by atoms with Crippen LogP contribution in [0.4, 0.5) is 4.79 Å². The molecule has 0 saturated heterocycles. The summed E-state index contributed by atoms with van der Waals surface area (Å²) in [6, 6.07) is 8.38. The number of Topliss-reactive ketones (excluding diaryl/α,β-unsaturated/α-hetero) is 1. The highest BCUT2D eigenvalue weighted by Gasteiger charge is 2.28. The zero-order chi connectivity index (χ0) is 19.4. The number of carboxylic acid groups (broad SMARTS) is 1. The van der Waals surface area contributed by atoms with Crippen LogP contribution >= 0.6 is 0 Å². The van der Waals surface area contributed by atoms with Crippen molar-refractivity contribution >= 4 is 17.8 Å². The van der Waals surface area contributed by atoms with Crippen LogP contribution in [0.3, 0.4) is 0 Å².